The minimum atomic E-state index is -0.366. The van der Waals surface area contributed by atoms with Crippen molar-refractivity contribution >= 4 is 17.7 Å². The monoisotopic (exact) mass is 320 g/mol. The fourth-order valence-corrected chi connectivity index (χ4v) is 2.70. The first-order valence-corrected chi connectivity index (χ1v) is 7.98. The number of amides is 1. The number of aromatic nitrogens is 3. The summed E-state index contributed by atoms with van der Waals surface area (Å²) in [5, 5.41) is 9.18. The molecule has 0 fully saturated rings. The minimum absolute atomic E-state index is 0.193. The van der Waals surface area contributed by atoms with E-state index >= 15 is 0 Å². The van der Waals surface area contributed by atoms with Crippen LogP contribution in [0.3, 0.4) is 0 Å². The van der Waals surface area contributed by atoms with Gasteiger partial charge in [-0.3, -0.25) is 4.79 Å². The summed E-state index contributed by atoms with van der Waals surface area (Å²) in [6.45, 7) is 5.02. The summed E-state index contributed by atoms with van der Waals surface area (Å²) in [6.07, 6.45) is 0. The van der Waals surface area contributed by atoms with Crippen LogP contribution in [0.5, 0.6) is 5.75 Å². The van der Waals surface area contributed by atoms with Crippen molar-refractivity contribution in [2.45, 2.75) is 25.5 Å². The molecule has 1 heterocycles. The molecule has 1 aromatic heterocycles. The van der Waals surface area contributed by atoms with Gasteiger partial charge in [0.1, 0.15) is 5.75 Å². The first-order chi connectivity index (χ1) is 10.5. The Morgan fingerprint density at radius 1 is 1.32 bits per heavy atom. The summed E-state index contributed by atoms with van der Waals surface area (Å²) in [6, 6.07) is 7.67. The topological polar surface area (TPSA) is 83.0 Å². The van der Waals surface area contributed by atoms with Crippen LogP contribution in [0.1, 0.15) is 13.8 Å². The van der Waals surface area contributed by atoms with Crippen LogP contribution in [0.25, 0.3) is 11.4 Å². The summed E-state index contributed by atoms with van der Waals surface area (Å²) in [5.41, 5.74) is 6.17. The second-order valence-electron chi connectivity index (χ2n) is 5.29. The van der Waals surface area contributed by atoms with Crippen LogP contribution < -0.4 is 10.5 Å². The van der Waals surface area contributed by atoms with Crippen LogP contribution in [0.2, 0.25) is 0 Å². The predicted molar refractivity (Wildman–Crippen MR) is 86.8 cm³/mol. The molecule has 1 aromatic carbocycles. The van der Waals surface area contributed by atoms with Gasteiger partial charge in [-0.05, 0) is 30.2 Å². The average molecular weight is 320 g/mol. The van der Waals surface area contributed by atoms with Crippen LogP contribution in [0, 0.1) is 5.92 Å². The van der Waals surface area contributed by atoms with Gasteiger partial charge in [-0.2, -0.15) is 0 Å². The number of hydrogen-bond acceptors (Lipinski definition) is 5. The molecule has 118 valence electrons. The summed E-state index contributed by atoms with van der Waals surface area (Å²) < 4.78 is 7.20. The SMILES string of the molecule is COc1ccc(-c2nnc(SCC(N)=O)n2CC(C)C)cc1. The van der Waals surface area contributed by atoms with E-state index in [1.807, 2.05) is 28.8 Å². The maximum absolute atomic E-state index is 11.0. The second-order valence-corrected chi connectivity index (χ2v) is 6.24. The highest BCUT2D eigenvalue weighted by Crippen LogP contribution is 2.26. The number of ether oxygens (including phenoxy) is 1. The van der Waals surface area contributed by atoms with Gasteiger partial charge in [-0.25, -0.2) is 0 Å². The molecule has 0 spiro atoms. The van der Waals surface area contributed by atoms with Gasteiger partial charge in [-0.15, -0.1) is 10.2 Å². The van der Waals surface area contributed by atoms with Crippen molar-refractivity contribution < 1.29 is 9.53 Å². The molecule has 2 aromatic rings. The Bertz CT molecular complexity index is 637. The highest BCUT2D eigenvalue weighted by Gasteiger charge is 2.16. The molecule has 0 aliphatic carbocycles. The number of benzene rings is 1. The fraction of sp³-hybridized carbons (Fsp3) is 0.400. The van der Waals surface area contributed by atoms with Crippen LogP contribution in [0.15, 0.2) is 29.4 Å². The van der Waals surface area contributed by atoms with Crippen molar-refractivity contribution in [2.24, 2.45) is 11.7 Å². The number of nitrogens with two attached hydrogens (primary N) is 1. The lowest BCUT2D eigenvalue weighted by atomic mass is 10.2. The van der Waals surface area contributed by atoms with Gasteiger partial charge in [0.25, 0.3) is 0 Å². The molecule has 0 saturated heterocycles. The summed E-state index contributed by atoms with van der Waals surface area (Å²) in [7, 11) is 1.63. The summed E-state index contributed by atoms with van der Waals surface area (Å²) >= 11 is 1.31. The van der Waals surface area contributed by atoms with Gasteiger partial charge in [0.15, 0.2) is 11.0 Å². The van der Waals surface area contributed by atoms with E-state index in [-0.39, 0.29) is 11.7 Å². The number of thioether (sulfide) groups is 1. The van der Waals surface area contributed by atoms with Crippen LogP contribution in [-0.4, -0.2) is 33.5 Å². The lowest BCUT2D eigenvalue weighted by Crippen LogP contribution is -2.14. The summed E-state index contributed by atoms with van der Waals surface area (Å²) in [4.78, 5) is 11.0. The van der Waals surface area contributed by atoms with Crippen molar-refractivity contribution in [3.8, 4) is 17.1 Å². The third kappa shape index (κ3) is 4.00. The van der Waals surface area contributed by atoms with E-state index in [0.717, 1.165) is 23.7 Å². The third-order valence-electron chi connectivity index (χ3n) is 2.96. The Balaban J connectivity index is 2.34. The van der Waals surface area contributed by atoms with E-state index in [1.165, 1.54) is 11.8 Å². The molecular formula is C15H20N4O2S. The van der Waals surface area contributed by atoms with Gasteiger partial charge in [-0.1, -0.05) is 25.6 Å². The van der Waals surface area contributed by atoms with Gasteiger partial charge in [0.05, 0.1) is 12.9 Å². The number of nitrogens with zero attached hydrogens (tertiary/aromatic N) is 3. The van der Waals surface area contributed by atoms with Crippen molar-refractivity contribution in [3.05, 3.63) is 24.3 Å². The molecule has 22 heavy (non-hydrogen) atoms. The van der Waals surface area contributed by atoms with Crippen molar-refractivity contribution in [3.63, 3.8) is 0 Å². The summed E-state index contributed by atoms with van der Waals surface area (Å²) in [5.74, 6) is 1.83. The molecule has 0 aliphatic heterocycles. The molecule has 0 aliphatic rings. The maximum Gasteiger partial charge on any atom is 0.227 e. The molecule has 0 radical (unpaired) electrons. The molecule has 6 nitrogen and oxygen atoms in total. The van der Waals surface area contributed by atoms with Crippen molar-refractivity contribution in [1.29, 1.82) is 0 Å². The average Bonchev–Trinajstić information content (AvgIpc) is 2.87. The molecule has 2 rings (SSSR count). The normalized spacial score (nSPS) is 10.9. The van der Waals surface area contributed by atoms with Crippen molar-refractivity contribution in [1.82, 2.24) is 14.8 Å². The standard InChI is InChI=1S/C15H20N4O2S/c1-10(2)8-19-14(11-4-6-12(21-3)7-5-11)17-18-15(19)22-9-13(16)20/h4-7,10H,8-9H2,1-3H3,(H2,16,20). The van der Waals surface area contributed by atoms with Gasteiger partial charge < -0.3 is 15.0 Å². The first-order valence-electron chi connectivity index (χ1n) is 7.00. The number of methoxy groups -OCH3 is 1. The van der Waals surface area contributed by atoms with Gasteiger partial charge in [0, 0.05) is 12.1 Å². The molecule has 7 heteroatoms. The minimum Gasteiger partial charge on any atom is -0.497 e. The molecule has 0 atom stereocenters. The Hall–Kier alpha value is -2.02. The Morgan fingerprint density at radius 2 is 2.00 bits per heavy atom. The van der Waals surface area contributed by atoms with Gasteiger partial charge in [0.2, 0.25) is 5.91 Å². The molecule has 1 amide bonds. The largest absolute Gasteiger partial charge is 0.497 e. The molecule has 0 bridgehead atoms. The van der Waals surface area contributed by atoms with Crippen LogP contribution in [0.4, 0.5) is 0 Å². The van der Waals surface area contributed by atoms with E-state index < -0.39 is 0 Å². The van der Waals surface area contributed by atoms with Crippen molar-refractivity contribution in [2.75, 3.05) is 12.9 Å². The zero-order valence-corrected chi connectivity index (χ0v) is 13.8. The lowest BCUT2D eigenvalue weighted by molar-refractivity contribution is -0.115. The van der Waals surface area contributed by atoms with E-state index in [2.05, 4.69) is 24.0 Å². The number of hydrogen-bond donors (Lipinski definition) is 1. The third-order valence-corrected chi connectivity index (χ3v) is 3.95. The number of rotatable bonds is 7. The Kier molecular flexibility index (Phi) is 5.43. The van der Waals surface area contributed by atoms with Crippen LogP contribution >= 0.6 is 11.8 Å². The molecule has 2 N–H and O–H groups in total. The maximum atomic E-state index is 11.0. The highest BCUT2D eigenvalue weighted by atomic mass is 32.2. The van der Waals surface area contributed by atoms with E-state index in [9.17, 15) is 4.79 Å². The zero-order chi connectivity index (χ0) is 16.1. The number of carbonyl (C=O) groups is 1. The second kappa shape index (κ2) is 7.31. The number of carbonyl (C=O) groups excluding carboxylic acids is 1. The number of primary amides is 1. The fourth-order valence-electron chi connectivity index (χ4n) is 2.01. The van der Waals surface area contributed by atoms with E-state index in [1.54, 1.807) is 7.11 Å². The Morgan fingerprint density at radius 3 is 2.55 bits per heavy atom. The smallest absolute Gasteiger partial charge is 0.227 e. The predicted octanol–water partition coefficient (Wildman–Crippen LogP) is 2.19. The lowest BCUT2D eigenvalue weighted by Gasteiger charge is -2.12. The molecular weight excluding hydrogens is 300 g/mol. The zero-order valence-electron chi connectivity index (χ0n) is 12.9. The molecule has 0 saturated carbocycles. The Labute approximate surface area is 134 Å². The quantitative estimate of drug-likeness (QED) is 0.791. The van der Waals surface area contributed by atoms with E-state index in [4.69, 9.17) is 10.5 Å². The molecule has 0 unspecified atom stereocenters. The van der Waals surface area contributed by atoms with E-state index in [0.29, 0.717) is 11.1 Å². The van der Waals surface area contributed by atoms with Gasteiger partial charge >= 0.3 is 0 Å². The first kappa shape index (κ1) is 16.4. The highest BCUT2D eigenvalue weighted by molar-refractivity contribution is 7.99. The van der Waals surface area contributed by atoms with Crippen LogP contribution in [-0.2, 0) is 11.3 Å².